The Morgan fingerprint density at radius 1 is 1.33 bits per heavy atom. The number of anilines is 1. The number of nitrogens with one attached hydrogen (secondary N) is 1. The molecule has 2 rings (SSSR count). The molecular formula is C12H7BrClFN2O. The lowest BCUT2D eigenvalue weighted by molar-refractivity contribution is 0.102. The van der Waals surface area contributed by atoms with Gasteiger partial charge in [-0.05, 0) is 30.3 Å². The number of nitrogens with zero attached hydrogens (tertiary/aromatic N) is 1. The summed E-state index contributed by atoms with van der Waals surface area (Å²) < 4.78 is 14.1. The van der Waals surface area contributed by atoms with Crippen LogP contribution in [0, 0.1) is 5.82 Å². The smallest absolute Gasteiger partial charge is 0.255 e. The zero-order valence-corrected chi connectivity index (χ0v) is 11.3. The van der Waals surface area contributed by atoms with Gasteiger partial charge in [-0.25, -0.2) is 9.37 Å². The van der Waals surface area contributed by atoms with Gasteiger partial charge in [-0.15, -0.1) is 0 Å². The van der Waals surface area contributed by atoms with Crippen LogP contribution in [0.4, 0.5) is 10.1 Å². The summed E-state index contributed by atoms with van der Waals surface area (Å²) in [5, 5.41) is 2.67. The van der Waals surface area contributed by atoms with Crippen molar-refractivity contribution < 1.29 is 9.18 Å². The van der Waals surface area contributed by atoms with Gasteiger partial charge in [0.2, 0.25) is 0 Å². The van der Waals surface area contributed by atoms with Gasteiger partial charge in [-0.1, -0.05) is 27.5 Å². The molecule has 0 atom stereocenters. The molecular weight excluding hydrogens is 322 g/mol. The summed E-state index contributed by atoms with van der Waals surface area (Å²) in [6.07, 6.45) is 1.41. The fraction of sp³-hybridized carbons (Fsp3) is 0. The van der Waals surface area contributed by atoms with Crippen molar-refractivity contribution in [1.29, 1.82) is 0 Å². The number of rotatable bonds is 2. The van der Waals surface area contributed by atoms with Crippen molar-refractivity contribution in [3.05, 3.63) is 57.5 Å². The van der Waals surface area contributed by atoms with E-state index in [1.54, 1.807) is 6.07 Å². The number of halogens is 3. The first-order valence-electron chi connectivity index (χ1n) is 4.94. The van der Waals surface area contributed by atoms with E-state index in [1.165, 1.54) is 30.5 Å². The van der Waals surface area contributed by atoms with Gasteiger partial charge >= 0.3 is 0 Å². The third-order valence-corrected chi connectivity index (χ3v) is 2.87. The van der Waals surface area contributed by atoms with Crippen molar-refractivity contribution in [3.8, 4) is 0 Å². The number of benzene rings is 1. The minimum absolute atomic E-state index is 0.0994. The molecule has 6 heteroatoms. The van der Waals surface area contributed by atoms with Gasteiger partial charge in [0.25, 0.3) is 5.91 Å². The minimum Gasteiger partial charge on any atom is -0.319 e. The van der Waals surface area contributed by atoms with Crippen molar-refractivity contribution in [1.82, 2.24) is 4.98 Å². The average molecular weight is 330 g/mol. The number of aromatic nitrogens is 1. The average Bonchev–Trinajstić information content (AvgIpc) is 2.34. The van der Waals surface area contributed by atoms with Gasteiger partial charge in [0.15, 0.2) is 0 Å². The van der Waals surface area contributed by atoms with Gasteiger partial charge in [0.05, 0.1) is 5.69 Å². The fourth-order valence-electron chi connectivity index (χ4n) is 1.33. The summed E-state index contributed by atoms with van der Waals surface area (Å²) >= 11 is 8.88. The molecule has 0 saturated heterocycles. The molecule has 3 nitrogen and oxygen atoms in total. The van der Waals surface area contributed by atoms with Crippen LogP contribution in [0.3, 0.4) is 0 Å². The van der Waals surface area contributed by atoms with Crippen LogP contribution in [0.5, 0.6) is 0 Å². The number of carbonyl (C=O) groups excluding carboxylic acids is 1. The molecule has 1 aromatic heterocycles. The first-order valence-corrected chi connectivity index (χ1v) is 6.11. The lowest BCUT2D eigenvalue weighted by atomic mass is 10.2. The van der Waals surface area contributed by atoms with E-state index in [9.17, 15) is 9.18 Å². The SMILES string of the molecule is O=C(Nc1cc(Br)ccc1F)c1ccnc(Cl)c1. The summed E-state index contributed by atoms with van der Waals surface area (Å²) in [7, 11) is 0. The topological polar surface area (TPSA) is 42.0 Å². The number of hydrogen-bond acceptors (Lipinski definition) is 2. The number of carbonyl (C=O) groups is 1. The minimum atomic E-state index is -0.508. The standard InChI is InChI=1S/C12H7BrClFN2O/c13-8-1-2-9(15)10(6-8)17-12(18)7-3-4-16-11(14)5-7/h1-6H,(H,17,18). The molecule has 0 saturated carbocycles. The van der Waals surface area contributed by atoms with Crippen molar-refractivity contribution in [2.24, 2.45) is 0 Å². The molecule has 18 heavy (non-hydrogen) atoms. The second kappa shape index (κ2) is 5.46. The highest BCUT2D eigenvalue weighted by Crippen LogP contribution is 2.20. The maximum atomic E-state index is 13.5. The third-order valence-electron chi connectivity index (χ3n) is 2.17. The first-order chi connectivity index (χ1) is 8.56. The van der Waals surface area contributed by atoms with E-state index in [0.29, 0.717) is 10.0 Å². The summed E-state index contributed by atoms with van der Waals surface area (Å²) in [4.78, 5) is 15.6. The van der Waals surface area contributed by atoms with E-state index < -0.39 is 11.7 Å². The maximum Gasteiger partial charge on any atom is 0.255 e. The summed E-state index contributed by atoms with van der Waals surface area (Å²) in [6.45, 7) is 0. The van der Waals surface area contributed by atoms with Crippen LogP contribution < -0.4 is 5.32 Å². The Kier molecular flexibility index (Phi) is 3.93. The normalized spacial score (nSPS) is 10.2. The van der Waals surface area contributed by atoms with E-state index in [0.717, 1.165) is 0 Å². The van der Waals surface area contributed by atoms with Gasteiger partial charge in [-0.3, -0.25) is 4.79 Å². The van der Waals surface area contributed by atoms with Crippen LogP contribution in [0.2, 0.25) is 5.15 Å². The molecule has 1 aromatic carbocycles. The van der Waals surface area contributed by atoms with E-state index in [2.05, 4.69) is 26.2 Å². The van der Waals surface area contributed by atoms with Crippen LogP contribution in [0.15, 0.2) is 41.0 Å². The van der Waals surface area contributed by atoms with Crippen molar-refractivity contribution in [3.63, 3.8) is 0 Å². The van der Waals surface area contributed by atoms with Gasteiger partial charge in [0, 0.05) is 16.2 Å². The van der Waals surface area contributed by atoms with Crippen molar-refractivity contribution in [2.45, 2.75) is 0 Å². The number of hydrogen-bond donors (Lipinski definition) is 1. The molecule has 0 bridgehead atoms. The van der Waals surface area contributed by atoms with Gasteiger partial charge < -0.3 is 5.32 Å². The van der Waals surface area contributed by atoms with Crippen LogP contribution in [-0.4, -0.2) is 10.9 Å². The van der Waals surface area contributed by atoms with E-state index in [-0.39, 0.29) is 10.8 Å². The van der Waals surface area contributed by atoms with Crippen LogP contribution in [0.1, 0.15) is 10.4 Å². The first kappa shape index (κ1) is 13.0. The summed E-state index contributed by atoms with van der Waals surface area (Å²) in [5.74, 6) is -0.956. The second-order valence-corrected chi connectivity index (χ2v) is 4.75. The Balaban J connectivity index is 2.24. The lowest BCUT2D eigenvalue weighted by Crippen LogP contribution is -2.13. The van der Waals surface area contributed by atoms with E-state index in [4.69, 9.17) is 11.6 Å². The van der Waals surface area contributed by atoms with Crippen molar-refractivity contribution in [2.75, 3.05) is 5.32 Å². The van der Waals surface area contributed by atoms with Crippen molar-refractivity contribution >= 4 is 39.1 Å². The highest BCUT2D eigenvalue weighted by Gasteiger charge is 2.10. The molecule has 1 heterocycles. The lowest BCUT2D eigenvalue weighted by Gasteiger charge is -2.07. The van der Waals surface area contributed by atoms with E-state index in [1.807, 2.05) is 0 Å². The molecule has 1 N–H and O–H groups in total. The van der Waals surface area contributed by atoms with Crippen LogP contribution in [-0.2, 0) is 0 Å². The maximum absolute atomic E-state index is 13.5. The molecule has 2 aromatic rings. The molecule has 92 valence electrons. The Labute approximate surface area is 116 Å². The van der Waals surface area contributed by atoms with Gasteiger partial charge in [-0.2, -0.15) is 0 Å². The van der Waals surface area contributed by atoms with Gasteiger partial charge in [0.1, 0.15) is 11.0 Å². The second-order valence-electron chi connectivity index (χ2n) is 3.45. The largest absolute Gasteiger partial charge is 0.319 e. The predicted octanol–water partition coefficient (Wildman–Crippen LogP) is 3.89. The third kappa shape index (κ3) is 3.05. The zero-order valence-electron chi connectivity index (χ0n) is 8.95. The Morgan fingerprint density at radius 2 is 2.11 bits per heavy atom. The molecule has 0 fully saturated rings. The molecule has 1 amide bonds. The summed E-state index contributed by atoms with van der Waals surface area (Å²) in [6, 6.07) is 7.20. The van der Waals surface area contributed by atoms with Crippen LogP contribution in [0.25, 0.3) is 0 Å². The Bertz CT molecular complexity index is 606. The molecule has 0 unspecified atom stereocenters. The molecule has 0 spiro atoms. The Hall–Kier alpha value is -1.46. The molecule has 0 aliphatic rings. The quantitative estimate of drug-likeness (QED) is 0.849. The highest BCUT2D eigenvalue weighted by atomic mass is 79.9. The van der Waals surface area contributed by atoms with E-state index >= 15 is 0 Å². The fourth-order valence-corrected chi connectivity index (χ4v) is 1.87. The number of pyridine rings is 1. The predicted molar refractivity (Wildman–Crippen MR) is 71.3 cm³/mol. The van der Waals surface area contributed by atoms with Crippen LogP contribution >= 0.6 is 27.5 Å². The Morgan fingerprint density at radius 3 is 2.83 bits per heavy atom. The highest BCUT2D eigenvalue weighted by molar-refractivity contribution is 9.10. The zero-order chi connectivity index (χ0) is 13.1. The molecule has 0 radical (unpaired) electrons. The number of amides is 1. The summed E-state index contributed by atoms with van der Waals surface area (Å²) in [5.41, 5.74) is 0.414. The molecule has 0 aliphatic heterocycles. The molecule has 0 aliphatic carbocycles. The monoisotopic (exact) mass is 328 g/mol.